The summed E-state index contributed by atoms with van der Waals surface area (Å²) in [6.45, 7) is 10.8. The van der Waals surface area contributed by atoms with Crippen molar-refractivity contribution < 1.29 is 14.3 Å². The zero-order chi connectivity index (χ0) is 22.2. The molecule has 0 aliphatic carbocycles. The summed E-state index contributed by atoms with van der Waals surface area (Å²) in [5, 5.41) is 0. The highest BCUT2D eigenvalue weighted by Gasteiger charge is 2.28. The van der Waals surface area contributed by atoms with Crippen LogP contribution >= 0.6 is 0 Å². The number of hydrogen-bond acceptors (Lipinski definition) is 3. The van der Waals surface area contributed by atoms with E-state index in [0.29, 0.717) is 18.0 Å². The maximum absolute atomic E-state index is 13.0. The predicted molar refractivity (Wildman–Crippen MR) is 123 cm³/mol. The van der Waals surface area contributed by atoms with E-state index in [1.165, 1.54) is 0 Å². The molecular weight excluding hydrogens is 388 g/mol. The Hall–Kier alpha value is -2.82. The maximum Gasteiger partial charge on any atom is 0.265 e. The van der Waals surface area contributed by atoms with Crippen LogP contribution in [0, 0.1) is 5.92 Å². The molecule has 1 saturated heterocycles. The van der Waals surface area contributed by atoms with Crippen molar-refractivity contribution >= 4 is 17.5 Å². The third-order valence-electron chi connectivity index (χ3n) is 6.35. The monoisotopic (exact) mass is 420 g/mol. The summed E-state index contributed by atoms with van der Waals surface area (Å²) < 4.78 is 5.67. The molecule has 164 valence electrons. The molecule has 0 saturated carbocycles. The van der Waals surface area contributed by atoms with Crippen molar-refractivity contribution in [3.05, 3.63) is 59.2 Å². The molecule has 1 fully saturated rings. The van der Waals surface area contributed by atoms with E-state index in [9.17, 15) is 9.59 Å². The molecule has 2 aliphatic rings. The number of fused-ring (bicyclic) bond motifs is 1. The van der Waals surface area contributed by atoms with Crippen molar-refractivity contribution in [3.63, 3.8) is 0 Å². The van der Waals surface area contributed by atoms with E-state index in [1.54, 1.807) is 4.90 Å². The van der Waals surface area contributed by atoms with Crippen molar-refractivity contribution in [2.45, 2.75) is 52.5 Å². The fourth-order valence-corrected chi connectivity index (χ4v) is 4.22. The summed E-state index contributed by atoms with van der Waals surface area (Å²) in [6, 6.07) is 13.7. The van der Waals surface area contributed by atoms with Crippen LogP contribution in [0.15, 0.2) is 42.5 Å². The van der Waals surface area contributed by atoms with Gasteiger partial charge in [0.05, 0.1) is 12.2 Å². The van der Waals surface area contributed by atoms with E-state index < -0.39 is 0 Å². The van der Waals surface area contributed by atoms with Crippen molar-refractivity contribution in [1.82, 2.24) is 4.90 Å². The van der Waals surface area contributed by atoms with Crippen molar-refractivity contribution in [2.24, 2.45) is 5.92 Å². The highest BCUT2D eigenvalue weighted by Crippen LogP contribution is 2.37. The van der Waals surface area contributed by atoms with Crippen LogP contribution in [0.1, 0.15) is 62.0 Å². The Bertz CT molecular complexity index is 984. The molecule has 2 aliphatic heterocycles. The molecule has 0 radical (unpaired) electrons. The van der Waals surface area contributed by atoms with Gasteiger partial charge in [0, 0.05) is 18.7 Å². The fourth-order valence-electron chi connectivity index (χ4n) is 4.22. The molecular formula is C26H32N2O3. The van der Waals surface area contributed by atoms with Gasteiger partial charge in [0.15, 0.2) is 6.61 Å². The van der Waals surface area contributed by atoms with Crippen LogP contribution in [0.3, 0.4) is 0 Å². The van der Waals surface area contributed by atoms with E-state index in [4.69, 9.17) is 4.74 Å². The molecule has 5 nitrogen and oxygen atoms in total. The summed E-state index contributed by atoms with van der Waals surface area (Å²) in [6.07, 6.45) is 2.11. The molecule has 4 rings (SSSR count). The Morgan fingerprint density at radius 1 is 1.10 bits per heavy atom. The molecule has 0 bridgehead atoms. The molecule has 31 heavy (non-hydrogen) atoms. The second-order valence-corrected chi connectivity index (χ2v) is 9.88. The topological polar surface area (TPSA) is 49.9 Å². The van der Waals surface area contributed by atoms with Crippen LogP contribution in [0.4, 0.5) is 5.69 Å². The second kappa shape index (κ2) is 8.37. The number of anilines is 1. The minimum atomic E-state index is -0.0692. The highest BCUT2D eigenvalue weighted by molar-refractivity contribution is 5.98. The molecule has 0 unspecified atom stereocenters. The minimum Gasteiger partial charge on any atom is -0.482 e. The van der Waals surface area contributed by atoms with Crippen LogP contribution in [-0.2, 0) is 16.8 Å². The van der Waals surface area contributed by atoms with E-state index in [-0.39, 0.29) is 23.8 Å². The van der Waals surface area contributed by atoms with Gasteiger partial charge in [-0.1, -0.05) is 45.9 Å². The number of nitrogens with zero attached hydrogens (tertiary/aromatic N) is 2. The first kappa shape index (κ1) is 21.4. The van der Waals surface area contributed by atoms with Crippen LogP contribution in [0.5, 0.6) is 5.75 Å². The molecule has 2 aromatic carbocycles. The number of likely N-dealkylation sites (tertiary alicyclic amines) is 1. The zero-order valence-corrected chi connectivity index (χ0v) is 19.0. The number of hydrogen-bond donors (Lipinski definition) is 0. The molecule has 2 aromatic rings. The normalized spacial score (nSPS) is 17.4. The average Bonchev–Trinajstić information content (AvgIpc) is 2.75. The lowest BCUT2D eigenvalue weighted by atomic mass is 9.86. The van der Waals surface area contributed by atoms with Gasteiger partial charge in [0.2, 0.25) is 0 Å². The predicted octanol–water partition coefficient (Wildman–Crippen LogP) is 4.78. The standard InChI is InChI=1S/C26H32N2O3/c1-18-10-12-27(13-11-18)25(30)20-7-5-6-19(14-20)16-28-22-15-21(26(2,3)4)8-9-23(22)31-17-24(28)29/h5-9,14-15,18H,10-13,16-17H2,1-4H3. The Labute approximate surface area is 185 Å². The number of benzene rings is 2. The summed E-state index contributed by atoms with van der Waals surface area (Å²) in [5.41, 5.74) is 3.55. The lowest BCUT2D eigenvalue weighted by molar-refractivity contribution is -0.121. The van der Waals surface area contributed by atoms with Gasteiger partial charge in [-0.25, -0.2) is 0 Å². The van der Waals surface area contributed by atoms with Crippen molar-refractivity contribution in [3.8, 4) is 5.75 Å². The van der Waals surface area contributed by atoms with Crippen LogP contribution in [0.2, 0.25) is 0 Å². The first-order chi connectivity index (χ1) is 14.7. The van der Waals surface area contributed by atoms with E-state index >= 15 is 0 Å². The lowest BCUT2D eigenvalue weighted by Gasteiger charge is -2.32. The van der Waals surface area contributed by atoms with Gasteiger partial charge in [-0.3, -0.25) is 9.59 Å². The molecule has 0 aromatic heterocycles. The van der Waals surface area contributed by atoms with Crippen molar-refractivity contribution in [1.29, 1.82) is 0 Å². The molecule has 2 heterocycles. The zero-order valence-electron chi connectivity index (χ0n) is 19.0. The largest absolute Gasteiger partial charge is 0.482 e. The quantitative estimate of drug-likeness (QED) is 0.718. The van der Waals surface area contributed by atoms with Crippen LogP contribution < -0.4 is 9.64 Å². The van der Waals surface area contributed by atoms with Gasteiger partial charge in [0.1, 0.15) is 5.75 Å². The molecule has 0 atom stereocenters. The van der Waals surface area contributed by atoms with Crippen molar-refractivity contribution in [2.75, 3.05) is 24.6 Å². The third-order valence-corrected chi connectivity index (χ3v) is 6.35. The average molecular weight is 421 g/mol. The van der Waals surface area contributed by atoms with Gasteiger partial charge >= 0.3 is 0 Å². The molecule has 2 amide bonds. The fraction of sp³-hybridized carbons (Fsp3) is 0.462. The first-order valence-electron chi connectivity index (χ1n) is 11.2. The molecule has 0 N–H and O–H groups in total. The highest BCUT2D eigenvalue weighted by atomic mass is 16.5. The minimum absolute atomic E-state index is 0.0283. The SMILES string of the molecule is CC1CCN(C(=O)c2cccc(CN3C(=O)COc4ccc(C(C)(C)C)cc43)c2)CC1. The number of amides is 2. The number of ether oxygens (including phenoxy) is 1. The summed E-state index contributed by atoms with van der Waals surface area (Å²) in [7, 11) is 0. The molecule has 0 spiro atoms. The summed E-state index contributed by atoms with van der Waals surface area (Å²) >= 11 is 0. The van der Waals surface area contributed by atoms with Gasteiger partial charge in [0.25, 0.3) is 11.8 Å². The van der Waals surface area contributed by atoms with Crippen LogP contribution in [-0.4, -0.2) is 36.4 Å². The molecule has 5 heteroatoms. The second-order valence-electron chi connectivity index (χ2n) is 9.88. The van der Waals surface area contributed by atoms with Gasteiger partial charge in [-0.2, -0.15) is 0 Å². The van der Waals surface area contributed by atoms with Gasteiger partial charge in [-0.15, -0.1) is 0 Å². The van der Waals surface area contributed by atoms with Gasteiger partial charge < -0.3 is 14.5 Å². The van der Waals surface area contributed by atoms with Crippen LogP contribution in [0.25, 0.3) is 0 Å². The Kier molecular flexibility index (Phi) is 5.78. The Morgan fingerprint density at radius 3 is 2.55 bits per heavy atom. The lowest BCUT2D eigenvalue weighted by Crippen LogP contribution is -2.39. The van der Waals surface area contributed by atoms with Gasteiger partial charge in [-0.05, 0) is 59.6 Å². The Balaban J connectivity index is 1.58. The maximum atomic E-state index is 13.0. The summed E-state index contributed by atoms with van der Waals surface area (Å²) in [5.74, 6) is 1.42. The third kappa shape index (κ3) is 4.60. The number of piperidine rings is 1. The smallest absolute Gasteiger partial charge is 0.265 e. The number of carbonyl (C=O) groups excluding carboxylic acids is 2. The summed E-state index contributed by atoms with van der Waals surface area (Å²) in [4.78, 5) is 29.5. The number of rotatable bonds is 3. The van der Waals surface area contributed by atoms with E-state index in [2.05, 4.69) is 39.8 Å². The van der Waals surface area contributed by atoms with E-state index in [0.717, 1.165) is 48.5 Å². The van der Waals surface area contributed by atoms with E-state index in [1.807, 2.05) is 35.2 Å². The Morgan fingerprint density at radius 2 is 1.84 bits per heavy atom. The first-order valence-corrected chi connectivity index (χ1v) is 11.2. The number of carbonyl (C=O) groups is 2.